The minimum Gasteiger partial charge on any atom is -0.340 e. The van der Waals surface area contributed by atoms with Crippen LogP contribution in [0.3, 0.4) is 0 Å². The van der Waals surface area contributed by atoms with Crippen LogP contribution in [0.4, 0.5) is 0 Å². The van der Waals surface area contributed by atoms with Crippen LogP contribution in [0.5, 0.6) is 0 Å². The van der Waals surface area contributed by atoms with Crippen molar-refractivity contribution in [1.29, 1.82) is 0 Å². The zero-order valence-electron chi connectivity index (χ0n) is 11.7. The molecule has 0 radical (unpaired) electrons. The third-order valence-electron chi connectivity index (χ3n) is 4.13. The lowest BCUT2D eigenvalue weighted by Gasteiger charge is -2.42. The Morgan fingerprint density at radius 3 is 2.56 bits per heavy atom. The molecule has 3 atom stereocenters. The van der Waals surface area contributed by atoms with Crippen molar-refractivity contribution in [1.82, 2.24) is 15.1 Å². The summed E-state index contributed by atoms with van der Waals surface area (Å²) in [5.74, 6) is 2.57. The van der Waals surface area contributed by atoms with Gasteiger partial charge in [-0.15, -0.1) is 0 Å². The number of nitrogens with one attached hydrogen (secondary N) is 1. The van der Waals surface area contributed by atoms with Crippen molar-refractivity contribution in [3.8, 4) is 0 Å². The molecule has 1 amide bonds. The average Bonchev–Trinajstić information content (AvgIpc) is 2.36. The molecule has 0 aromatic carbocycles. The standard InChI is InChI=1S/C13H25N3OS/c1-10-7-16(8-11(2)15(10)3)13(17)6-12-9-18-5-4-14-12/h10-12,14H,4-9H2,1-3H3. The van der Waals surface area contributed by atoms with Crippen LogP contribution in [0.15, 0.2) is 0 Å². The molecule has 2 aliphatic heterocycles. The second-order valence-electron chi connectivity index (χ2n) is 5.59. The van der Waals surface area contributed by atoms with E-state index >= 15 is 0 Å². The Morgan fingerprint density at radius 1 is 1.33 bits per heavy atom. The Hall–Kier alpha value is -0.260. The third-order valence-corrected chi connectivity index (χ3v) is 5.26. The van der Waals surface area contributed by atoms with E-state index in [2.05, 4.69) is 36.0 Å². The van der Waals surface area contributed by atoms with Crippen molar-refractivity contribution in [2.45, 2.75) is 38.4 Å². The highest BCUT2D eigenvalue weighted by atomic mass is 32.2. The molecule has 104 valence electrons. The largest absolute Gasteiger partial charge is 0.340 e. The number of hydrogen-bond donors (Lipinski definition) is 1. The minimum absolute atomic E-state index is 0.321. The van der Waals surface area contributed by atoms with Gasteiger partial charge in [0.2, 0.25) is 5.91 Å². The maximum absolute atomic E-state index is 12.3. The molecule has 0 saturated carbocycles. The van der Waals surface area contributed by atoms with Gasteiger partial charge >= 0.3 is 0 Å². The first kappa shape index (κ1) is 14.2. The van der Waals surface area contributed by atoms with E-state index in [1.54, 1.807) is 0 Å². The van der Waals surface area contributed by atoms with Crippen molar-refractivity contribution in [2.75, 3.05) is 38.2 Å². The molecule has 2 heterocycles. The molecule has 18 heavy (non-hydrogen) atoms. The SMILES string of the molecule is CC1CN(C(=O)CC2CSCCN2)CC(C)N1C. The molecule has 4 nitrogen and oxygen atoms in total. The predicted molar refractivity (Wildman–Crippen MR) is 77.0 cm³/mol. The normalized spacial score (nSPS) is 34.6. The van der Waals surface area contributed by atoms with Gasteiger partial charge in [0.1, 0.15) is 0 Å². The molecule has 0 aliphatic carbocycles. The third kappa shape index (κ3) is 3.39. The second-order valence-corrected chi connectivity index (χ2v) is 6.74. The highest BCUT2D eigenvalue weighted by molar-refractivity contribution is 7.99. The number of carbonyl (C=O) groups excluding carboxylic acids is 1. The first-order chi connectivity index (χ1) is 8.58. The number of hydrogen-bond acceptors (Lipinski definition) is 4. The van der Waals surface area contributed by atoms with E-state index in [1.807, 2.05) is 11.8 Å². The van der Waals surface area contributed by atoms with Crippen LogP contribution in [0.1, 0.15) is 20.3 Å². The lowest BCUT2D eigenvalue weighted by Crippen LogP contribution is -2.57. The van der Waals surface area contributed by atoms with Gasteiger partial charge in [-0.2, -0.15) is 11.8 Å². The van der Waals surface area contributed by atoms with Gasteiger partial charge in [-0.1, -0.05) is 0 Å². The van der Waals surface area contributed by atoms with Crippen LogP contribution >= 0.6 is 11.8 Å². The summed E-state index contributed by atoms with van der Waals surface area (Å²) in [6.07, 6.45) is 0.663. The number of amides is 1. The fraction of sp³-hybridized carbons (Fsp3) is 0.923. The van der Waals surface area contributed by atoms with E-state index in [-0.39, 0.29) is 0 Å². The summed E-state index contributed by atoms with van der Waals surface area (Å²) in [5, 5.41) is 3.44. The van der Waals surface area contributed by atoms with Crippen molar-refractivity contribution in [3.63, 3.8) is 0 Å². The fourth-order valence-electron chi connectivity index (χ4n) is 2.70. The molecule has 5 heteroatoms. The molecular formula is C13H25N3OS. The number of nitrogens with zero attached hydrogens (tertiary/aromatic N) is 2. The lowest BCUT2D eigenvalue weighted by atomic mass is 10.1. The highest BCUT2D eigenvalue weighted by Gasteiger charge is 2.30. The monoisotopic (exact) mass is 271 g/mol. The van der Waals surface area contributed by atoms with E-state index in [4.69, 9.17) is 0 Å². The summed E-state index contributed by atoms with van der Waals surface area (Å²) in [5.41, 5.74) is 0. The van der Waals surface area contributed by atoms with Gasteiger partial charge in [-0.25, -0.2) is 0 Å². The highest BCUT2D eigenvalue weighted by Crippen LogP contribution is 2.16. The Balaban J connectivity index is 1.85. The summed E-state index contributed by atoms with van der Waals surface area (Å²) in [4.78, 5) is 16.7. The zero-order chi connectivity index (χ0) is 13.1. The number of rotatable bonds is 2. The van der Waals surface area contributed by atoms with Crippen LogP contribution in [0, 0.1) is 0 Å². The quantitative estimate of drug-likeness (QED) is 0.799. The maximum atomic E-state index is 12.3. The Kier molecular flexibility index (Phi) is 4.92. The van der Waals surface area contributed by atoms with Crippen molar-refractivity contribution in [2.24, 2.45) is 0 Å². The van der Waals surface area contributed by atoms with Gasteiger partial charge in [0, 0.05) is 55.7 Å². The minimum atomic E-state index is 0.321. The summed E-state index contributed by atoms with van der Waals surface area (Å²) in [6, 6.07) is 1.30. The Labute approximate surface area is 114 Å². The first-order valence-corrected chi connectivity index (χ1v) is 8.04. The second kappa shape index (κ2) is 6.26. The van der Waals surface area contributed by atoms with Gasteiger partial charge < -0.3 is 10.2 Å². The lowest BCUT2D eigenvalue weighted by molar-refractivity contribution is -0.135. The van der Waals surface area contributed by atoms with E-state index in [1.165, 1.54) is 5.75 Å². The number of thioether (sulfide) groups is 1. The first-order valence-electron chi connectivity index (χ1n) is 6.88. The number of carbonyl (C=O) groups is 1. The van der Waals surface area contributed by atoms with Gasteiger partial charge in [0.15, 0.2) is 0 Å². The van der Waals surface area contributed by atoms with Crippen molar-refractivity contribution >= 4 is 17.7 Å². The van der Waals surface area contributed by atoms with Crippen LogP contribution in [-0.4, -0.2) is 72.0 Å². The van der Waals surface area contributed by atoms with Gasteiger partial charge in [0.25, 0.3) is 0 Å². The molecule has 0 aromatic heterocycles. The van der Waals surface area contributed by atoms with E-state index < -0.39 is 0 Å². The van der Waals surface area contributed by atoms with Crippen LogP contribution in [0.2, 0.25) is 0 Å². The predicted octanol–water partition coefficient (Wildman–Crippen LogP) is 0.633. The molecule has 2 saturated heterocycles. The van der Waals surface area contributed by atoms with Crippen molar-refractivity contribution in [3.05, 3.63) is 0 Å². The number of piperazine rings is 1. The summed E-state index contributed by atoms with van der Waals surface area (Å²) in [6.45, 7) is 7.19. The Bertz CT molecular complexity index is 282. The molecule has 0 bridgehead atoms. The van der Waals surface area contributed by atoms with E-state index in [0.29, 0.717) is 30.5 Å². The molecule has 0 spiro atoms. The van der Waals surface area contributed by atoms with Crippen LogP contribution in [-0.2, 0) is 4.79 Å². The van der Waals surface area contributed by atoms with Gasteiger partial charge in [-0.05, 0) is 20.9 Å². The zero-order valence-corrected chi connectivity index (χ0v) is 12.5. The summed E-state index contributed by atoms with van der Waals surface area (Å²) >= 11 is 1.95. The topological polar surface area (TPSA) is 35.6 Å². The maximum Gasteiger partial charge on any atom is 0.224 e. The summed E-state index contributed by atoms with van der Waals surface area (Å²) < 4.78 is 0. The molecule has 2 rings (SSSR count). The van der Waals surface area contributed by atoms with Gasteiger partial charge in [-0.3, -0.25) is 9.69 Å². The average molecular weight is 271 g/mol. The van der Waals surface area contributed by atoms with E-state index in [0.717, 1.165) is 25.4 Å². The molecule has 2 fully saturated rings. The van der Waals surface area contributed by atoms with Gasteiger partial charge in [0.05, 0.1) is 0 Å². The van der Waals surface area contributed by atoms with Crippen molar-refractivity contribution < 1.29 is 4.79 Å². The number of likely N-dealkylation sites (N-methyl/N-ethyl adjacent to an activating group) is 1. The molecule has 2 aliphatic rings. The van der Waals surface area contributed by atoms with Crippen LogP contribution < -0.4 is 5.32 Å². The fourth-order valence-corrected chi connectivity index (χ4v) is 3.65. The Morgan fingerprint density at radius 2 is 2.00 bits per heavy atom. The molecule has 0 aromatic rings. The molecule has 3 unspecified atom stereocenters. The van der Waals surface area contributed by atoms with Crippen LogP contribution in [0.25, 0.3) is 0 Å². The summed E-state index contributed by atoms with van der Waals surface area (Å²) in [7, 11) is 2.15. The molecular weight excluding hydrogens is 246 g/mol. The van der Waals surface area contributed by atoms with E-state index in [9.17, 15) is 4.79 Å². The smallest absolute Gasteiger partial charge is 0.224 e. The molecule has 1 N–H and O–H groups in total.